The van der Waals surface area contributed by atoms with Crippen LogP contribution in [0.15, 0.2) is 48.7 Å². The van der Waals surface area contributed by atoms with Crippen molar-refractivity contribution in [3.8, 4) is 17.0 Å². The van der Waals surface area contributed by atoms with Crippen molar-refractivity contribution in [1.82, 2.24) is 15.2 Å². The number of fused-ring (bicyclic) bond motifs is 3. The summed E-state index contributed by atoms with van der Waals surface area (Å²) in [6.07, 6.45) is -3.57. The fourth-order valence-corrected chi connectivity index (χ4v) is 3.99. The molecule has 0 aliphatic carbocycles. The molecular formula is C22H12ClF3N4O3. The van der Waals surface area contributed by atoms with Crippen molar-refractivity contribution in [2.75, 3.05) is 12.0 Å². The molecule has 33 heavy (non-hydrogen) atoms. The number of halogens is 4. The maximum absolute atomic E-state index is 13.4. The van der Waals surface area contributed by atoms with Gasteiger partial charge in [0, 0.05) is 11.8 Å². The first kappa shape index (κ1) is 21.0. The molecule has 0 atom stereocenters. The number of hydrogen-bond donors (Lipinski definition) is 1. The highest BCUT2D eigenvalue weighted by Crippen LogP contribution is 2.40. The van der Waals surface area contributed by atoms with Crippen molar-refractivity contribution >= 4 is 40.1 Å². The molecule has 2 aromatic carbocycles. The Kier molecular flexibility index (Phi) is 4.64. The number of carbonyl (C=O) groups is 2. The lowest BCUT2D eigenvalue weighted by atomic mass is 10.0. The third-order valence-electron chi connectivity index (χ3n) is 5.33. The standard InChI is InChI=1S/C22H12ClF3N4O3/c1-33-12-5-2-10(3-6-12)18-17-16-13(9-27-19(17)29-28-18)20(31)30(21(16)32)11-4-7-15(23)14(8-11)22(24,25)26/h2-9H,1H3,(H,27,28,29). The minimum Gasteiger partial charge on any atom is -0.497 e. The number of ether oxygens (including phenoxy) is 1. The van der Waals surface area contributed by atoms with E-state index in [1.807, 2.05) is 0 Å². The lowest BCUT2D eigenvalue weighted by molar-refractivity contribution is -0.137. The number of amides is 2. The van der Waals surface area contributed by atoms with Crippen molar-refractivity contribution in [2.24, 2.45) is 0 Å². The number of aromatic nitrogens is 3. The molecule has 2 aromatic heterocycles. The molecule has 166 valence electrons. The average Bonchev–Trinajstić information content (AvgIpc) is 3.32. The van der Waals surface area contributed by atoms with Crippen molar-refractivity contribution in [3.63, 3.8) is 0 Å². The zero-order valence-corrected chi connectivity index (χ0v) is 17.5. The van der Waals surface area contributed by atoms with Crippen LogP contribution in [-0.2, 0) is 6.18 Å². The lowest BCUT2D eigenvalue weighted by Crippen LogP contribution is -2.29. The summed E-state index contributed by atoms with van der Waals surface area (Å²) in [5.41, 5.74) is -0.149. The van der Waals surface area contributed by atoms with Gasteiger partial charge in [-0.1, -0.05) is 11.6 Å². The summed E-state index contributed by atoms with van der Waals surface area (Å²) in [7, 11) is 1.53. The Morgan fingerprint density at radius 3 is 2.45 bits per heavy atom. The van der Waals surface area contributed by atoms with Crippen LogP contribution in [0.3, 0.4) is 0 Å². The van der Waals surface area contributed by atoms with Gasteiger partial charge in [-0.25, -0.2) is 9.88 Å². The number of imide groups is 1. The van der Waals surface area contributed by atoms with E-state index in [0.29, 0.717) is 33.4 Å². The summed E-state index contributed by atoms with van der Waals surface area (Å²) in [4.78, 5) is 31.2. The number of nitrogens with one attached hydrogen (secondary N) is 1. The van der Waals surface area contributed by atoms with E-state index < -0.39 is 28.6 Å². The minimum atomic E-state index is -4.76. The van der Waals surface area contributed by atoms with E-state index in [9.17, 15) is 22.8 Å². The molecule has 7 nitrogen and oxygen atoms in total. The Hall–Kier alpha value is -3.92. The van der Waals surface area contributed by atoms with Crippen LogP contribution in [0, 0.1) is 0 Å². The number of carbonyl (C=O) groups excluding carboxylic acids is 2. The van der Waals surface area contributed by atoms with Crippen LogP contribution >= 0.6 is 11.6 Å². The van der Waals surface area contributed by atoms with Gasteiger partial charge in [-0.2, -0.15) is 18.3 Å². The quantitative estimate of drug-likeness (QED) is 0.419. The monoisotopic (exact) mass is 472 g/mol. The molecule has 11 heteroatoms. The third-order valence-corrected chi connectivity index (χ3v) is 5.65. The van der Waals surface area contributed by atoms with Crippen LogP contribution in [0.25, 0.3) is 22.3 Å². The SMILES string of the molecule is COc1ccc(-c2[nH]nc3ncc4c(c23)C(=O)N(c2ccc(Cl)c(C(F)(F)F)c2)C4=O)cc1. The van der Waals surface area contributed by atoms with Gasteiger partial charge < -0.3 is 4.74 Å². The molecule has 0 saturated carbocycles. The first-order valence-corrected chi connectivity index (χ1v) is 9.85. The van der Waals surface area contributed by atoms with E-state index in [0.717, 1.165) is 6.07 Å². The number of rotatable bonds is 3. The van der Waals surface area contributed by atoms with E-state index in [2.05, 4.69) is 15.2 Å². The van der Waals surface area contributed by atoms with Crippen molar-refractivity contribution in [3.05, 3.63) is 70.4 Å². The van der Waals surface area contributed by atoms with Crippen molar-refractivity contribution < 1.29 is 27.5 Å². The molecule has 0 radical (unpaired) electrons. The number of H-pyrrole nitrogens is 1. The molecule has 1 aliphatic heterocycles. The Morgan fingerprint density at radius 2 is 1.79 bits per heavy atom. The highest BCUT2D eigenvalue weighted by molar-refractivity contribution is 6.38. The molecule has 1 N–H and O–H groups in total. The average molecular weight is 473 g/mol. The molecule has 2 amide bonds. The smallest absolute Gasteiger partial charge is 0.417 e. The Balaban J connectivity index is 1.66. The summed E-state index contributed by atoms with van der Waals surface area (Å²) in [5.74, 6) is -0.956. The summed E-state index contributed by atoms with van der Waals surface area (Å²) < 4.78 is 45.1. The van der Waals surface area contributed by atoms with E-state index in [1.54, 1.807) is 24.3 Å². The number of methoxy groups -OCH3 is 1. The van der Waals surface area contributed by atoms with Crippen molar-refractivity contribution in [2.45, 2.75) is 6.18 Å². The Bertz CT molecular complexity index is 1450. The highest BCUT2D eigenvalue weighted by Gasteiger charge is 2.41. The summed E-state index contributed by atoms with van der Waals surface area (Å²) in [6.45, 7) is 0. The van der Waals surface area contributed by atoms with E-state index >= 15 is 0 Å². The van der Waals surface area contributed by atoms with Crippen LogP contribution in [0.1, 0.15) is 26.3 Å². The van der Waals surface area contributed by atoms with Gasteiger partial charge in [0.05, 0.1) is 45.6 Å². The van der Waals surface area contributed by atoms with Gasteiger partial charge in [0.15, 0.2) is 5.65 Å². The number of nitrogens with zero attached hydrogens (tertiary/aromatic N) is 3. The molecule has 0 saturated heterocycles. The van der Waals surface area contributed by atoms with E-state index in [4.69, 9.17) is 16.3 Å². The first-order chi connectivity index (χ1) is 15.7. The van der Waals surface area contributed by atoms with E-state index in [1.165, 1.54) is 19.4 Å². The van der Waals surface area contributed by atoms with Crippen LogP contribution in [0.4, 0.5) is 18.9 Å². The maximum atomic E-state index is 13.4. The zero-order chi connectivity index (χ0) is 23.5. The fraction of sp³-hybridized carbons (Fsp3) is 0.0909. The molecule has 0 spiro atoms. The van der Waals surface area contributed by atoms with Crippen LogP contribution in [-0.4, -0.2) is 34.1 Å². The largest absolute Gasteiger partial charge is 0.497 e. The molecule has 4 aromatic rings. The van der Waals surface area contributed by atoms with Gasteiger partial charge in [-0.15, -0.1) is 0 Å². The highest BCUT2D eigenvalue weighted by atomic mass is 35.5. The number of benzene rings is 2. The van der Waals surface area contributed by atoms with Crippen LogP contribution < -0.4 is 9.64 Å². The molecule has 5 rings (SSSR count). The number of anilines is 1. The summed E-state index contributed by atoms with van der Waals surface area (Å²) in [5, 5.41) is 6.69. The molecule has 0 fully saturated rings. The topological polar surface area (TPSA) is 88.2 Å². The Labute approximate surface area is 188 Å². The predicted molar refractivity (Wildman–Crippen MR) is 113 cm³/mol. The molecule has 0 bridgehead atoms. The summed E-state index contributed by atoms with van der Waals surface area (Å²) in [6, 6.07) is 9.75. The minimum absolute atomic E-state index is 0.00748. The second-order valence-corrected chi connectivity index (χ2v) is 7.59. The number of hydrogen-bond acceptors (Lipinski definition) is 5. The van der Waals surface area contributed by atoms with Crippen LogP contribution in [0.5, 0.6) is 5.75 Å². The number of pyridine rings is 1. The van der Waals surface area contributed by atoms with Gasteiger partial charge in [-0.3, -0.25) is 14.7 Å². The molecule has 3 heterocycles. The molecule has 1 aliphatic rings. The summed E-state index contributed by atoms with van der Waals surface area (Å²) >= 11 is 5.68. The van der Waals surface area contributed by atoms with Gasteiger partial charge >= 0.3 is 6.18 Å². The third kappa shape index (κ3) is 3.21. The van der Waals surface area contributed by atoms with Crippen molar-refractivity contribution in [1.29, 1.82) is 0 Å². The second kappa shape index (κ2) is 7.31. The van der Waals surface area contributed by atoms with Gasteiger partial charge in [0.25, 0.3) is 11.8 Å². The molecular weight excluding hydrogens is 461 g/mol. The predicted octanol–water partition coefficient (Wildman–Crippen LogP) is 5.11. The van der Waals surface area contributed by atoms with Gasteiger partial charge in [0.2, 0.25) is 0 Å². The number of aromatic amines is 1. The van der Waals surface area contributed by atoms with E-state index in [-0.39, 0.29) is 22.5 Å². The maximum Gasteiger partial charge on any atom is 0.417 e. The Morgan fingerprint density at radius 1 is 1.06 bits per heavy atom. The second-order valence-electron chi connectivity index (χ2n) is 7.18. The van der Waals surface area contributed by atoms with Gasteiger partial charge in [0.1, 0.15) is 5.75 Å². The zero-order valence-electron chi connectivity index (χ0n) is 16.7. The van der Waals surface area contributed by atoms with Gasteiger partial charge in [-0.05, 0) is 42.5 Å². The normalized spacial score (nSPS) is 13.7. The fourth-order valence-electron chi connectivity index (χ4n) is 3.77. The first-order valence-electron chi connectivity index (χ1n) is 9.47. The number of alkyl halides is 3. The molecule has 0 unspecified atom stereocenters. The van der Waals surface area contributed by atoms with Crippen LogP contribution in [0.2, 0.25) is 5.02 Å². The lowest BCUT2D eigenvalue weighted by Gasteiger charge is -2.17.